The number of anilines is 1. The highest BCUT2D eigenvalue weighted by Gasteiger charge is 2.23. The van der Waals surface area contributed by atoms with Crippen molar-refractivity contribution in [2.75, 3.05) is 17.7 Å². The minimum absolute atomic E-state index is 0.117. The van der Waals surface area contributed by atoms with E-state index in [4.69, 9.17) is 4.74 Å². The van der Waals surface area contributed by atoms with Crippen LogP contribution in [0.25, 0.3) is 37.4 Å². The van der Waals surface area contributed by atoms with Gasteiger partial charge in [0.2, 0.25) is 10.9 Å². The smallest absolute Gasteiger partial charge is 0.341 e. The van der Waals surface area contributed by atoms with Gasteiger partial charge >= 0.3 is 5.97 Å². The Kier molecular flexibility index (Phi) is 7.14. The Labute approximate surface area is 236 Å². The van der Waals surface area contributed by atoms with E-state index in [1.165, 1.54) is 23.1 Å². The molecule has 0 saturated heterocycles. The predicted molar refractivity (Wildman–Crippen MR) is 159 cm³/mol. The number of nitrogens with one attached hydrogen (secondary N) is 1. The molecule has 0 fully saturated rings. The largest absolute Gasteiger partial charge is 0.462 e. The second-order valence-electron chi connectivity index (χ2n) is 8.52. The maximum atomic E-state index is 13.0. The van der Waals surface area contributed by atoms with Gasteiger partial charge in [0.1, 0.15) is 10.6 Å². The second-order valence-corrected chi connectivity index (χ2v) is 11.4. The van der Waals surface area contributed by atoms with Crippen LogP contribution in [0.15, 0.2) is 89.4 Å². The molecular formula is C29H22N4O3S3. The standard InChI is InChI=1S/C29H22N4O3S3/c1-2-36-27(35)25-21(20-14-12-19(13-15-20)18-8-4-3-5-9-18)16-37-26(25)30-24(34)17-38-28-31-32-29-33(28)22-10-6-7-11-23(22)39-29/h3-16H,2,17H2,1H3,(H,30,34). The molecule has 10 heteroatoms. The van der Waals surface area contributed by atoms with Gasteiger partial charge in [-0.25, -0.2) is 4.79 Å². The summed E-state index contributed by atoms with van der Waals surface area (Å²) in [5.41, 5.74) is 5.17. The summed E-state index contributed by atoms with van der Waals surface area (Å²) in [6.45, 7) is 2.00. The van der Waals surface area contributed by atoms with E-state index >= 15 is 0 Å². The van der Waals surface area contributed by atoms with Crippen molar-refractivity contribution >= 4 is 66.5 Å². The zero-order chi connectivity index (χ0) is 26.8. The third kappa shape index (κ3) is 5.06. The molecule has 39 heavy (non-hydrogen) atoms. The number of thiophene rings is 1. The molecule has 0 radical (unpaired) electrons. The summed E-state index contributed by atoms with van der Waals surface area (Å²) in [7, 11) is 0. The maximum Gasteiger partial charge on any atom is 0.341 e. The van der Waals surface area contributed by atoms with Crippen molar-refractivity contribution in [2.24, 2.45) is 0 Å². The Morgan fingerprint density at radius 3 is 2.44 bits per heavy atom. The summed E-state index contributed by atoms with van der Waals surface area (Å²) < 4.78 is 8.42. The van der Waals surface area contributed by atoms with E-state index in [0.717, 1.165) is 37.4 Å². The van der Waals surface area contributed by atoms with E-state index in [1.807, 2.05) is 76.5 Å². The molecule has 1 N–H and O–H groups in total. The molecule has 6 rings (SSSR count). The molecule has 0 aliphatic heterocycles. The van der Waals surface area contributed by atoms with E-state index in [1.54, 1.807) is 18.3 Å². The lowest BCUT2D eigenvalue weighted by molar-refractivity contribution is -0.113. The number of carbonyl (C=O) groups excluding carboxylic acids is 2. The van der Waals surface area contributed by atoms with Crippen LogP contribution in [0.2, 0.25) is 0 Å². The third-order valence-electron chi connectivity index (χ3n) is 6.07. The van der Waals surface area contributed by atoms with Gasteiger partial charge in [0, 0.05) is 10.9 Å². The van der Waals surface area contributed by atoms with Crippen molar-refractivity contribution in [2.45, 2.75) is 12.1 Å². The van der Waals surface area contributed by atoms with Crippen LogP contribution in [0.5, 0.6) is 0 Å². The molecule has 0 unspecified atom stereocenters. The Morgan fingerprint density at radius 2 is 1.64 bits per heavy atom. The number of ether oxygens (including phenoxy) is 1. The lowest BCUT2D eigenvalue weighted by Crippen LogP contribution is -2.16. The molecule has 3 aromatic carbocycles. The molecule has 0 atom stereocenters. The Hall–Kier alpha value is -3.99. The molecule has 0 aliphatic carbocycles. The highest BCUT2D eigenvalue weighted by atomic mass is 32.2. The van der Waals surface area contributed by atoms with Gasteiger partial charge in [0.05, 0.1) is 22.6 Å². The molecule has 6 aromatic rings. The van der Waals surface area contributed by atoms with Crippen LogP contribution < -0.4 is 5.32 Å². The zero-order valence-electron chi connectivity index (χ0n) is 20.8. The lowest BCUT2D eigenvalue weighted by Gasteiger charge is -2.09. The van der Waals surface area contributed by atoms with Crippen LogP contribution in [0.4, 0.5) is 5.00 Å². The van der Waals surface area contributed by atoms with Gasteiger partial charge in [-0.1, -0.05) is 89.8 Å². The SMILES string of the molecule is CCOC(=O)c1c(-c2ccc(-c3ccccc3)cc2)csc1NC(=O)CSc1nnc2sc3ccccc3n12. The number of carbonyl (C=O) groups is 2. The number of rotatable bonds is 8. The number of thiazole rings is 1. The first kappa shape index (κ1) is 25.3. The van der Waals surface area contributed by atoms with Gasteiger partial charge in [-0.2, -0.15) is 0 Å². The van der Waals surface area contributed by atoms with Crippen LogP contribution in [0, 0.1) is 0 Å². The van der Waals surface area contributed by atoms with Crippen molar-refractivity contribution in [1.29, 1.82) is 0 Å². The molecule has 194 valence electrons. The number of amides is 1. The average molecular weight is 571 g/mol. The van der Waals surface area contributed by atoms with Crippen molar-refractivity contribution in [1.82, 2.24) is 14.6 Å². The summed E-state index contributed by atoms with van der Waals surface area (Å²) in [6, 6.07) is 26.1. The molecular weight excluding hydrogens is 549 g/mol. The fraction of sp³-hybridized carbons (Fsp3) is 0.103. The average Bonchev–Trinajstić information content (AvgIpc) is 3.66. The lowest BCUT2D eigenvalue weighted by atomic mass is 9.99. The van der Waals surface area contributed by atoms with Gasteiger partial charge in [-0.05, 0) is 35.7 Å². The quantitative estimate of drug-likeness (QED) is 0.153. The van der Waals surface area contributed by atoms with Gasteiger partial charge in [-0.15, -0.1) is 21.5 Å². The van der Waals surface area contributed by atoms with E-state index in [0.29, 0.717) is 15.7 Å². The van der Waals surface area contributed by atoms with Crippen LogP contribution in [0.3, 0.4) is 0 Å². The molecule has 7 nitrogen and oxygen atoms in total. The van der Waals surface area contributed by atoms with Gasteiger partial charge < -0.3 is 10.1 Å². The summed E-state index contributed by atoms with van der Waals surface area (Å²) >= 11 is 4.17. The Balaban J connectivity index is 1.22. The molecule has 0 aliphatic rings. The number of hydrogen-bond acceptors (Lipinski definition) is 8. The molecule has 0 spiro atoms. The number of benzene rings is 3. The summed E-state index contributed by atoms with van der Waals surface area (Å²) in [5.74, 6) is -0.589. The molecule has 0 saturated carbocycles. The van der Waals surface area contributed by atoms with Crippen LogP contribution in [-0.4, -0.2) is 38.8 Å². The normalized spacial score (nSPS) is 11.2. The topological polar surface area (TPSA) is 85.6 Å². The van der Waals surface area contributed by atoms with Crippen LogP contribution in [0.1, 0.15) is 17.3 Å². The van der Waals surface area contributed by atoms with Crippen LogP contribution >= 0.6 is 34.4 Å². The van der Waals surface area contributed by atoms with E-state index < -0.39 is 5.97 Å². The van der Waals surface area contributed by atoms with Gasteiger partial charge in [0.15, 0.2) is 5.16 Å². The fourth-order valence-electron chi connectivity index (χ4n) is 4.28. The first-order chi connectivity index (χ1) is 19.1. The first-order valence-corrected chi connectivity index (χ1v) is 14.9. The van der Waals surface area contributed by atoms with E-state index in [2.05, 4.69) is 27.6 Å². The van der Waals surface area contributed by atoms with Crippen LogP contribution in [-0.2, 0) is 9.53 Å². The number of esters is 1. The van der Waals surface area contributed by atoms with Crippen molar-refractivity contribution in [3.63, 3.8) is 0 Å². The number of thioether (sulfide) groups is 1. The van der Waals surface area contributed by atoms with Gasteiger partial charge in [-0.3, -0.25) is 9.20 Å². The molecule has 1 amide bonds. The van der Waals surface area contributed by atoms with Gasteiger partial charge in [0.25, 0.3) is 0 Å². The first-order valence-electron chi connectivity index (χ1n) is 12.2. The number of hydrogen-bond donors (Lipinski definition) is 1. The maximum absolute atomic E-state index is 13.0. The highest BCUT2D eigenvalue weighted by Crippen LogP contribution is 2.37. The minimum atomic E-state index is -0.465. The van der Waals surface area contributed by atoms with Crippen molar-refractivity contribution in [3.8, 4) is 22.3 Å². The number of para-hydroxylation sites is 1. The summed E-state index contributed by atoms with van der Waals surface area (Å²) in [5, 5.41) is 14.4. The molecule has 3 aromatic heterocycles. The monoisotopic (exact) mass is 570 g/mol. The number of fused-ring (bicyclic) bond motifs is 3. The number of aromatic nitrogens is 3. The van der Waals surface area contributed by atoms with Crippen molar-refractivity contribution < 1.29 is 14.3 Å². The third-order valence-corrected chi connectivity index (χ3v) is 8.91. The predicted octanol–water partition coefficient (Wildman–Crippen LogP) is 7.25. The van der Waals surface area contributed by atoms with Crippen molar-refractivity contribution in [3.05, 3.63) is 89.8 Å². The second kappa shape index (κ2) is 11.0. The highest BCUT2D eigenvalue weighted by molar-refractivity contribution is 7.99. The summed E-state index contributed by atoms with van der Waals surface area (Å²) in [6.07, 6.45) is 0. The fourth-order valence-corrected chi connectivity index (χ4v) is 7.02. The number of nitrogens with zero attached hydrogens (tertiary/aromatic N) is 3. The molecule has 3 heterocycles. The van der Waals surface area contributed by atoms with E-state index in [-0.39, 0.29) is 18.3 Å². The zero-order valence-corrected chi connectivity index (χ0v) is 23.2. The Bertz CT molecular complexity index is 1790. The summed E-state index contributed by atoms with van der Waals surface area (Å²) in [4.78, 5) is 26.8. The minimum Gasteiger partial charge on any atom is -0.462 e. The van der Waals surface area contributed by atoms with E-state index in [9.17, 15) is 9.59 Å². The Morgan fingerprint density at radius 1 is 0.923 bits per heavy atom. The molecule has 0 bridgehead atoms.